The first kappa shape index (κ1) is 14.0. The minimum atomic E-state index is 0.0101. The standard InChI is InChI=1S/C17H16ClNO2/c18-10-12-2-1-3-14(8-12)17(21)19-7-6-13-4-5-16(20)9-15(13)11-19/h1-5,8-9,20H,6-7,10-11H2. The van der Waals surface area contributed by atoms with Crippen LogP contribution in [0.5, 0.6) is 5.75 Å². The summed E-state index contributed by atoms with van der Waals surface area (Å²) in [7, 11) is 0. The van der Waals surface area contributed by atoms with Crippen molar-refractivity contribution in [3.8, 4) is 5.75 Å². The number of rotatable bonds is 2. The summed E-state index contributed by atoms with van der Waals surface area (Å²) < 4.78 is 0. The van der Waals surface area contributed by atoms with Crippen LogP contribution in [0, 0.1) is 0 Å². The number of amides is 1. The van der Waals surface area contributed by atoms with Crippen LogP contribution in [-0.4, -0.2) is 22.5 Å². The van der Waals surface area contributed by atoms with Gasteiger partial charge in [0.05, 0.1) is 0 Å². The molecular formula is C17H16ClNO2. The van der Waals surface area contributed by atoms with Crippen LogP contribution >= 0.6 is 11.6 Å². The quantitative estimate of drug-likeness (QED) is 0.864. The van der Waals surface area contributed by atoms with Crippen LogP contribution in [0.1, 0.15) is 27.0 Å². The van der Waals surface area contributed by atoms with Gasteiger partial charge in [0.1, 0.15) is 5.75 Å². The van der Waals surface area contributed by atoms with Crippen LogP contribution in [0.25, 0.3) is 0 Å². The minimum absolute atomic E-state index is 0.0101. The number of halogens is 1. The van der Waals surface area contributed by atoms with E-state index in [4.69, 9.17) is 11.6 Å². The number of carbonyl (C=O) groups is 1. The summed E-state index contributed by atoms with van der Waals surface area (Å²) in [6.07, 6.45) is 0.816. The lowest BCUT2D eigenvalue weighted by molar-refractivity contribution is 0.0734. The van der Waals surface area contributed by atoms with Gasteiger partial charge in [-0.1, -0.05) is 18.2 Å². The second-order valence-corrected chi connectivity index (χ2v) is 5.53. The average molecular weight is 302 g/mol. The molecule has 0 spiro atoms. The predicted molar refractivity (Wildman–Crippen MR) is 82.6 cm³/mol. The summed E-state index contributed by atoms with van der Waals surface area (Å²) in [6.45, 7) is 1.23. The summed E-state index contributed by atoms with van der Waals surface area (Å²) in [5.74, 6) is 0.654. The van der Waals surface area contributed by atoms with E-state index in [2.05, 4.69) is 0 Å². The normalized spacial score (nSPS) is 13.9. The largest absolute Gasteiger partial charge is 0.508 e. The maximum Gasteiger partial charge on any atom is 0.254 e. The Morgan fingerprint density at radius 2 is 2.05 bits per heavy atom. The molecule has 0 aromatic heterocycles. The average Bonchev–Trinajstić information content (AvgIpc) is 2.53. The number of fused-ring (bicyclic) bond motifs is 1. The molecule has 0 unspecified atom stereocenters. The van der Waals surface area contributed by atoms with Gasteiger partial charge in [-0.3, -0.25) is 4.79 Å². The fourth-order valence-electron chi connectivity index (χ4n) is 2.69. The third-order valence-electron chi connectivity index (χ3n) is 3.82. The van der Waals surface area contributed by atoms with E-state index in [1.165, 1.54) is 5.56 Å². The maximum atomic E-state index is 12.6. The maximum absolute atomic E-state index is 12.6. The first-order valence-corrected chi connectivity index (χ1v) is 7.46. The molecule has 4 heteroatoms. The first-order chi connectivity index (χ1) is 10.2. The highest BCUT2D eigenvalue weighted by molar-refractivity contribution is 6.17. The molecular weight excluding hydrogens is 286 g/mol. The Morgan fingerprint density at radius 1 is 1.19 bits per heavy atom. The number of phenolic OH excluding ortho intramolecular Hbond substituents is 1. The third kappa shape index (κ3) is 2.88. The molecule has 0 atom stereocenters. The van der Waals surface area contributed by atoms with E-state index in [0.29, 0.717) is 24.5 Å². The van der Waals surface area contributed by atoms with Crippen LogP contribution in [0.3, 0.4) is 0 Å². The van der Waals surface area contributed by atoms with Gasteiger partial charge >= 0.3 is 0 Å². The molecule has 2 aromatic rings. The fourth-order valence-corrected chi connectivity index (χ4v) is 2.85. The Morgan fingerprint density at radius 3 is 2.86 bits per heavy atom. The highest BCUT2D eigenvalue weighted by atomic mass is 35.5. The van der Waals surface area contributed by atoms with Gasteiger partial charge in [0.15, 0.2) is 0 Å². The highest BCUT2D eigenvalue weighted by Gasteiger charge is 2.22. The second kappa shape index (κ2) is 5.78. The van der Waals surface area contributed by atoms with E-state index < -0.39 is 0 Å². The van der Waals surface area contributed by atoms with E-state index in [1.807, 2.05) is 35.2 Å². The van der Waals surface area contributed by atoms with Crippen LogP contribution in [0.4, 0.5) is 0 Å². The van der Waals surface area contributed by atoms with E-state index in [1.54, 1.807) is 12.1 Å². The van der Waals surface area contributed by atoms with Crippen LogP contribution in [-0.2, 0) is 18.8 Å². The molecule has 1 N–H and O–H groups in total. The summed E-state index contributed by atoms with van der Waals surface area (Å²) >= 11 is 5.82. The van der Waals surface area contributed by atoms with Crippen molar-refractivity contribution < 1.29 is 9.90 Å². The molecule has 0 fully saturated rings. The number of alkyl halides is 1. The van der Waals surface area contributed by atoms with E-state index in [0.717, 1.165) is 17.5 Å². The van der Waals surface area contributed by atoms with Gasteiger partial charge in [0, 0.05) is 24.5 Å². The van der Waals surface area contributed by atoms with Crippen LogP contribution < -0.4 is 0 Å². The van der Waals surface area contributed by atoms with Gasteiger partial charge in [-0.15, -0.1) is 11.6 Å². The summed E-state index contributed by atoms with van der Waals surface area (Å²) in [4.78, 5) is 14.4. The number of hydrogen-bond acceptors (Lipinski definition) is 2. The number of nitrogens with zero attached hydrogens (tertiary/aromatic N) is 1. The van der Waals surface area contributed by atoms with E-state index >= 15 is 0 Å². The van der Waals surface area contributed by atoms with E-state index in [-0.39, 0.29) is 11.7 Å². The second-order valence-electron chi connectivity index (χ2n) is 5.26. The lowest BCUT2D eigenvalue weighted by Crippen LogP contribution is -2.35. The van der Waals surface area contributed by atoms with Crippen molar-refractivity contribution in [1.29, 1.82) is 0 Å². The first-order valence-electron chi connectivity index (χ1n) is 6.92. The van der Waals surface area contributed by atoms with Gasteiger partial charge in [-0.05, 0) is 47.4 Å². The van der Waals surface area contributed by atoms with Gasteiger partial charge < -0.3 is 10.0 Å². The van der Waals surface area contributed by atoms with Crippen LogP contribution in [0.2, 0.25) is 0 Å². The van der Waals surface area contributed by atoms with Crippen molar-refractivity contribution in [2.75, 3.05) is 6.54 Å². The Kier molecular flexibility index (Phi) is 3.84. The molecule has 2 aromatic carbocycles. The zero-order chi connectivity index (χ0) is 14.8. The Bertz CT molecular complexity index is 684. The van der Waals surface area contributed by atoms with Gasteiger partial charge in [0.25, 0.3) is 5.91 Å². The summed E-state index contributed by atoms with van der Waals surface area (Å²) in [5.41, 5.74) is 3.82. The number of hydrogen-bond donors (Lipinski definition) is 1. The lowest BCUT2D eigenvalue weighted by Gasteiger charge is -2.29. The third-order valence-corrected chi connectivity index (χ3v) is 4.13. The zero-order valence-electron chi connectivity index (χ0n) is 11.6. The summed E-state index contributed by atoms with van der Waals surface area (Å²) in [5, 5.41) is 9.58. The van der Waals surface area contributed by atoms with Gasteiger partial charge in [-0.2, -0.15) is 0 Å². The molecule has 1 aliphatic rings. The monoisotopic (exact) mass is 301 g/mol. The molecule has 1 heterocycles. The molecule has 3 nitrogen and oxygen atoms in total. The molecule has 1 amide bonds. The Hall–Kier alpha value is -2.00. The zero-order valence-corrected chi connectivity index (χ0v) is 12.3. The van der Waals surface area contributed by atoms with Crippen molar-refractivity contribution >= 4 is 17.5 Å². The highest BCUT2D eigenvalue weighted by Crippen LogP contribution is 2.24. The van der Waals surface area contributed by atoms with Crippen molar-refractivity contribution in [3.05, 3.63) is 64.7 Å². The van der Waals surface area contributed by atoms with Crippen molar-refractivity contribution in [1.82, 2.24) is 4.90 Å². The fraction of sp³-hybridized carbons (Fsp3) is 0.235. The molecule has 108 valence electrons. The predicted octanol–water partition coefficient (Wildman–Crippen LogP) is 3.33. The van der Waals surface area contributed by atoms with Gasteiger partial charge in [-0.25, -0.2) is 0 Å². The van der Waals surface area contributed by atoms with Crippen molar-refractivity contribution in [2.24, 2.45) is 0 Å². The molecule has 0 saturated carbocycles. The number of phenols is 1. The molecule has 0 aliphatic carbocycles. The van der Waals surface area contributed by atoms with Crippen LogP contribution in [0.15, 0.2) is 42.5 Å². The minimum Gasteiger partial charge on any atom is -0.508 e. The number of aromatic hydroxyl groups is 1. The van der Waals surface area contributed by atoms with Crippen molar-refractivity contribution in [3.63, 3.8) is 0 Å². The SMILES string of the molecule is O=C(c1cccc(CCl)c1)N1CCc2ccc(O)cc2C1. The smallest absolute Gasteiger partial charge is 0.254 e. The van der Waals surface area contributed by atoms with E-state index in [9.17, 15) is 9.90 Å². The summed E-state index contributed by atoms with van der Waals surface area (Å²) in [6, 6.07) is 12.8. The lowest BCUT2D eigenvalue weighted by atomic mass is 9.98. The molecule has 21 heavy (non-hydrogen) atoms. The van der Waals surface area contributed by atoms with Crippen molar-refractivity contribution in [2.45, 2.75) is 18.8 Å². The number of carbonyl (C=O) groups excluding carboxylic acids is 1. The Labute approximate surface area is 128 Å². The number of benzene rings is 2. The molecule has 3 rings (SSSR count). The molecule has 0 radical (unpaired) electrons. The van der Waals surface area contributed by atoms with Gasteiger partial charge in [0.2, 0.25) is 0 Å². The molecule has 0 bridgehead atoms. The Balaban J connectivity index is 1.83. The molecule has 0 saturated heterocycles. The molecule has 1 aliphatic heterocycles. The topological polar surface area (TPSA) is 40.5 Å².